The van der Waals surface area contributed by atoms with E-state index in [1.165, 1.54) is 36.4 Å². The Morgan fingerprint density at radius 1 is 0.844 bits per heavy atom. The minimum Gasteiger partial charge on any atom is -0.508 e. The van der Waals surface area contributed by atoms with Crippen LogP contribution in [0.4, 0.5) is 0 Å². The monoisotopic (exact) mass is 447 g/mol. The molecule has 0 bridgehead atoms. The number of hydrogen-bond donors (Lipinski definition) is 2. The van der Waals surface area contributed by atoms with E-state index in [4.69, 9.17) is 4.74 Å². The van der Waals surface area contributed by atoms with Crippen LogP contribution in [-0.2, 0) is 0 Å². The Kier molecular flexibility index (Phi) is 6.28. The first kappa shape index (κ1) is 21.2. The van der Waals surface area contributed by atoms with Gasteiger partial charge in [0.25, 0.3) is 0 Å². The lowest BCUT2D eigenvalue weighted by Gasteiger charge is -2.34. The normalized spacial score (nSPS) is 20.6. The van der Waals surface area contributed by atoms with Crippen molar-refractivity contribution in [2.75, 3.05) is 32.0 Å². The van der Waals surface area contributed by atoms with Crippen molar-refractivity contribution >= 4 is 11.8 Å². The summed E-state index contributed by atoms with van der Waals surface area (Å²) >= 11 is 1.92. The smallest absolute Gasteiger partial charge is 0.126 e. The lowest BCUT2D eigenvalue weighted by molar-refractivity contribution is 0.247. The number of fused-ring (bicyclic) bond motifs is 1. The number of likely N-dealkylation sites (tertiary alicyclic amines) is 1. The quantitative estimate of drug-likeness (QED) is 0.482. The largest absolute Gasteiger partial charge is 0.508 e. The lowest BCUT2D eigenvalue weighted by atomic mass is 9.76. The van der Waals surface area contributed by atoms with Gasteiger partial charge in [-0.3, -0.25) is 0 Å². The second-order valence-electron chi connectivity index (χ2n) is 8.68. The van der Waals surface area contributed by atoms with Gasteiger partial charge in [-0.2, -0.15) is 0 Å². The van der Waals surface area contributed by atoms with Gasteiger partial charge in [0.2, 0.25) is 0 Å². The van der Waals surface area contributed by atoms with Gasteiger partial charge in [-0.05, 0) is 67.4 Å². The molecule has 4 nitrogen and oxygen atoms in total. The van der Waals surface area contributed by atoms with Gasteiger partial charge in [0.1, 0.15) is 17.2 Å². The van der Waals surface area contributed by atoms with Crippen LogP contribution in [0.15, 0.2) is 71.6 Å². The summed E-state index contributed by atoms with van der Waals surface area (Å²) in [6.45, 7) is 4.18. The molecule has 5 rings (SSSR count). The van der Waals surface area contributed by atoms with Crippen molar-refractivity contribution in [2.24, 2.45) is 0 Å². The van der Waals surface area contributed by atoms with Crippen molar-refractivity contribution in [1.82, 2.24) is 4.90 Å². The molecule has 0 saturated carbocycles. The van der Waals surface area contributed by atoms with E-state index in [0.717, 1.165) is 29.2 Å². The summed E-state index contributed by atoms with van der Waals surface area (Å²) in [7, 11) is 0. The predicted octanol–water partition coefficient (Wildman–Crippen LogP) is 5.59. The maximum atomic E-state index is 9.94. The number of hydrogen-bond acceptors (Lipinski definition) is 5. The number of nitrogens with zero attached hydrogens (tertiary/aromatic N) is 1. The van der Waals surface area contributed by atoms with Crippen LogP contribution >= 0.6 is 11.8 Å². The van der Waals surface area contributed by atoms with Gasteiger partial charge in [-0.25, -0.2) is 0 Å². The van der Waals surface area contributed by atoms with E-state index < -0.39 is 0 Å². The fourth-order valence-electron chi connectivity index (χ4n) is 4.89. The predicted molar refractivity (Wildman–Crippen MR) is 129 cm³/mol. The molecule has 32 heavy (non-hydrogen) atoms. The van der Waals surface area contributed by atoms with Crippen molar-refractivity contribution in [3.05, 3.63) is 83.4 Å². The molecule has 2 N–H and O–H groups in total. The van der Waals surface area contributed by atoms with Crippen LogP contribution in [0, 0.1) is 0 Å². The number of benzene rings is 3. The van der Waals surface area contributed by atoms with E-state index in [0.29, 0.717) is 6.61 Å². The fraction of sp³-hybridized carbons (Fsp3) is 0.333. The summed E-state index contributed by atoms with van der Waals surface area (Å²) in [6, 6.07) is 21.8. The average molecular weight is 448 g/mol. The maximum Gasteiger partial charge on any atom is 0.126 e. The Hall–Kier alpha value is -2.63. The van der Waals surface area contributed by atoms with Crippen molar-refractivity contribution in [3.8, 4) is 17.2 Å². The molecule has 2 aliphatic rings. The number of aromatic hydroxyl groups is 2. The Balaban J connectivity index is 1.39. The SMILES string of the molecule is Oc1ccc([C@@H]2COc3cc(O)ccc3[C@@H]2c2ccc(SCCN3CCCC3)cc2)cc1. The van der Waals surface area contributed by atoms with Crippen LogP contribution in [0.5, 0.6) is 17.2 Å². The maximum absolute atomic E-state index is 9.94. The van der Waals surface area contributed by atoms with E-state index in [1.54, 1.807) is 24.3 Å². The summed E-state index contributed by atoms with van der Waals surface area (Å²) in [5, 5.41) is 19.7. The molecule has 5 heteroatoms. The van der Waals surface area contributed by atoms with Crippen LogP contribution < -0.4 is 4.74 Å². The molecule has 0 aliphatic carbocycles. The summed E-state index contributed by atoms with van der Waals surface area (Å²) in [6.07, 6.45) is 2.68. The second kappa shape index (κ2) is 9.47. The zero-order chi connectivity index (χ0) is 21.9. The van der Waals surface area contributed by atoms with Gasteiger partial charge in [0, 0.05) is 40.7 Å². The van der Waals surface area contributed by atoms with Crippen LogP contribution in [0.25, 0.3) is 0 Å². The first-order chi connectivity index (χ1) is 15.7. The Morgan fingerprint density at radius 3 is 2.28 bits per heavy atom. The Morgan fingerprint density at radius 2 is 1.53 bits per heavy atom. The molecule has 2 heterocycles. The number of ether oxygens (including phenoxy) is 1. The van der Waals surface area contributed by atoms with Crippen LogP contribution in [0.2, 0.25) is 0 Å². The number of thioether (sulfide) groups is 1. The molecule has 3 aromatic rings. The third-order valence-corrected chi connectivity index (χ3v) is 7.58. The molecule has 2 aliphatic heterocycles. The summed E-state index contributed by atoms with van der Waals surface area (Å²) in [4.78, 5) is 3.85. The molecule has 0 aromatic heterocycles. The van der Waals surface area contributed by atoms with E-state index in [2.05, 4.69) is 29.2 Å². The van der Waals surface area contributed by atoms with Gasteiger partial charge in [0.05, 0.1) is 6.61 Å². The highest BCUT2D eigenvalue weighted by Gasteiger charge is 2.33. The summed E-state index contributed by atoms with van der Waals surface area (Å²) in [5.41, 5.74) is 3.46. The average Bonchev–Trinajstić information content (AvgIpc) is 3.33. The minimum absolute atomic E-state index is 0.118. The van der Waals surface area contributed by atoms with E-state index in [-0.39, 0.29) is 23.3 Å². The molecule has 2 atom stereocenters. The molecule has 0 radical (unpaired) electrons. The fourth-order valence-corrected chi connectivity index (χ4v) is 5.80. The third-order valence-electron chi connectivity index (χ3n) is 6.59. The topological polar surface area (TPSA) is 52.9 Å². The van der Waals surface area contributed by atoms with Crippen molar-refractivity contribution in [1.29, 1.82) is 0 Å². The zero-order valence-electron chi connectivity index (χ0n) is 18.1. The van der Waals surface area contributed by atoms with Gasteiger partial charge in [-0.1, -0.05) is 30.3 Å². The second-order valence-corrected chi connectivity index (χ2v) is 9.84. The Bertz CT molecular complexity index is 1050. The molecule has 0 unspecified atom stereocenters. The van der Waals surface area contributed by atoms with E-state index >= 15 is 0 Å². The highest BCUT2D eigenvalue weighted by molar-refractivity contribution is 7.99. The van der Waals surface area contributed by atoms with Gasteiger partial charge < -0.3 is 19.8 Å². The third kappa shape index (κ3) is 4.59. The number of phenolic OH excluding ortho intramolecular Hbond substituents is 2. The summed E-state index contributed by atoms with van der Waals surface area (Å²) in [5.74, 6) is 2.59. The summed E-state index contributed by atoms with van der Waals surface area (Å²) < 4.78 is 6.05. The Labute approximate surface area is 193 Å². The highest BCUT2D eigenvalue weighted by atomic mass is 32.2. The number of phenols is 2. The van der Waals surface area contributed by atoms with E-state index in [9.17, 15) is 10.2 Å². The highest BCUT2D eigenvalue weighted by Crippen LogP contribution is 2.47. The van der Waals surface area contributed by atoms with Crippen LogP contribution in [-0.4, -0.2) is 47.1 Å². The van der Waals surface area contributed by atoms with E-state index in [1.807, 2.05) is 30.0 Å². The standard InChI is InChI=1S/C27H29NO3S/c29-21-7-3-19(4-8-21)25-18-31-26-17-22(30)9-12-24(26)27(25)20-5-10-23(11-6-20)32-16-15-28-13-1-2-14-28/h3-12,17,25,27,29-30H,1-2,13-16,18H2/t25-,27-/m0/s1. The molecule has 1 fully saturated rings. The molecular weight excluding hydrogens is 418 g/mol. The number of rotatable bonds is 6. The molecule has 0 spiro atoms. The molecule has 1 saturated heterocycles. The van der Waals surface area contributed by atoms with Gasteiger partial charge in [0.15, 0.2) is 0 Å². The van der Waals surface area contributed by atoms with Gasteiger partial charge >= 0.3 is 0 Å². The van der Waals surface area contributed by atoms with Crippen LogP contribution in [0.3, 0.4) is 0 Å². The molecular formula is C27H29NO3S. The molecule has 166 valence electrons. The van der Waals surface area contributed by atoms with Crippen molar-refractivity contribution in [2.45, 2.75) is 29.6 Å². The van der Waals surface area contributed by atoms with Crippen molar-refractivity contribution in [3.63, 3.8) is 0 Å². The van der Waals surface area contributed by atoms with Crippen molar-refractivity contribution < 1.29 is 14.9 Å². The first-order valence-corrected chi connectivity index (χ1v) is 12.4. The minimum atomic E-state index is 0.118. The molecule has 3 aromatic carbocycles. The van der Waals surface area contributed by atoms with Gasteiger partial charge in [-0.15, -0.1) is 11.8 Å². The zero-order valence-corrected chi connectivity index (χ0v) is 18.9. The molecule has 0 amide bonds. The first-order valence-electron chi connectivity index (χ1n) is 11.4. The lowest BCUT2D eigenvalue weighted by Crippen LogP contribution is -2.25. The van der Waals surface area contributed by atoms with Crippen LogP contribution in [0.1, 0.15) is 41.4 Å².